The topological polar surface area (TPSA) is 182 Å². The highest BCUT2D eigenvalue weighted by Gasteiger charge is 2.28. The van der Waals surface area contributed by atoms with Gasteiger partial charge in [0.2, 0.25) is 21.7 Å². The Labute approximate surface area is 542 Å². The maximum Gasteiger partial charge on any atom is 0.241 e. The SMILES string of the molecule is CC1Cn2cc(O)c(=O)cc2CN1Cc1ccccc1.CCc1ccc(CN2CCn3cc(O)c(=O)c(Cl)c3C2)cc1.O=c1c(O)cn2c(c1Cl)CN(Cc1c(F)cccc1Cl)CC2.O=c1cc2n(cc1O)CC(CCc1ccccc1)N(Cc1ccccc1)C2. The van der Waals surface area contributed by atoms with Crippen LogP contribution in [0.25, 0.3) is 0 Å². The zero-order valence-corrected chi connectivity index (χ0v) is 53.1. The van der Waals surface area contributed by atoms with Gasteiger partial charge in [0.05, 0.1) is 36.2 Å². The van der Waals surface area contributed by atoms with Crippen LogP contribution in [0.5, 0.6) is 23.0 Å². The van der Waals surface area contributed by atoms with E-state index in [1.807, 2.05) is 48.9 Å². The number of nitrogens with zero attached hydrogens (tertiary/aromatic N) is 8. The van der Waals surface area contributed by atoms with Crippen molar-refractivity contribution < 1.29 is 24.8 Å². The molecule has 13 rings (SSSR count). The van der Waals surface area contributed by atoms with Crippen molar-refractivity contribution in [2.75, 3.05) is 13.1 Å². The highest BCUT2D eigenvalue weighted by Crippen LogP contribution is 2.29. The lowest BCUT2D eigenvalue weighted by atomic mass is 10.0. The minimum Gasteiger partial charge on any atom is -0.503 e. The largest absolute Gasteiger partial charge is 0.503 e. The van der Waals surface area contributed by atoms with Gasteiger partial charge in [-0.1, -0.05) is 163 Å². The number of fused-ring (bicyclic) bond motifs is 4. The summed E-state index contributed by atoms with van der Waals surface area (Å²) in [7, 11) is 0. The lowest BCUT2D eigenvalue weighted by Crippen LogP contribution is -2.43. The molecule has 0 aliphatic carbocycles. The van der Waals surface area contributed by atoms with Crippen LogP contribution in [0.3, 0.4) is 0 Å². The van der Waals surface area contributed by atoms with Gasteiger partial charge in [0.25, 0.3) is 0 Å². The van der Waals surface area contributed by atoms with Gasteiger partial charge in [-0.15, -0.1) is 0 Å². The zero-order valence-electron chi connectivity index (χ0n) is 50.9. The van der Waals surface area contributed by atoms with Crippen molar-refractivity contribution in [3.8, 4) is 23.0 Å². The second-order valence-corrected chi connectivity index (χ2v) is 24.7. The summed E-state index contributed by atoms with van der Waals surface area (Å²) in [5, 5.41) is 39.0. The van der Waals surface area contributed by atoms with E-state index >= 15 is 0 Å². The van der Waals surface area contributed by atoms with Crippen molar-refractivity contribution in [1.82, 2.24) is 37.9 Å². The van der Waals surface area contributed by atoms with Crippen LogP contribution in [-0.2, 0) is 91.4 Å². The first-order valence-electron chi connectivity index (χ1n) is 30.5. The van der Waals surface area contributed by atoms with E-state index in [1.165, 1.54) is 46.3 Å². The van der Waals surface area contributed by atoms with Gasteiger partial charge in [-0.3, -0.25) is 38.8 Å². The van der Waals surface area contributed by atoms with E-state index in [4.69, 9.17) is 34.8 Å². The second kappa shape index (κ2) is 30.2. The Kier molecular flexibility index (Phi) is 21.8. The molecule has 9 aromatic rings. The normalized spacial score (nSPS) is 16.3. The number of aryl methyl sites for hydroxylation is 2. The lowest BCUT2D eigenvalue weighted by Gasteiger charge is -2.38. The van der Waals surface area contributed by atoms with Crippen LogP contribution in [0, 0.1) is 5.82 Å². The van der Waals surface area contributed by atoms with Crippen LogP contribution in [0.4, 0.5) is 4.39 Å². The summed E-state index contributed by atoms with van der Waals surface area (Å²) >= 11 is 18.2. The van der Waals surface area contributed by atoms with Crippen LogP contribution in [-0.4, -0.2) is 83.5 Å². The molecular formula is C71H74Cl3FN8O8. The van der Waals surface area contributed by atoms with E-state index in [9.17, 15) is 44.0 Å². The molecule has 0 saturated heterocycles. The van der Waals surface area contributed by atoms with Gasteiger partial charge in [-0.25, -0.2) is 4.39 Å². The van der Waals surface area contributed by atoms with E-state index < -0.39 is 10.9 Å². The van der Waals surface area contributed by atoms with Crippen LogP contribution >= 0.6 is 34.8 Å². The van der Waals surface area contributed by atoms with Crippen LogP contribution < -0.4 is 21.7 Å². The smallest absolute Gasteiger partial charge is 0.241 e. The van der Waals surface area contributed by atoms with E-state index in [0.717, 1.165) is 88.7 Å². The van der Waals surface area contributed by atoms with Crippen LogP contribution in [0.1, 0.15) is 76.4 Å². The van der Waals surface area contributed by atoms with Crippen LogP contribution in [0.15, 0.2) is 190 Å². The van der Waals surface area contributed by atoms with Gasteiger partial charge in [-0.2, -0.15) is 0 Å². The predicted molar refractivity (Wildman–Crippen MR) is 354 cm³/mol. The maximum absolute atomic E-state index is 13.9. The molecule has 2 unspecified atom stereocenters. The number of pyridine rings is 4. The van der Waals surface area contributed by atoms with Gasteiger partial charge >= 0.3 is 0 Å². The molecule has 4 aliphatic heterocycles. The van der Waals surface area contributed by atoms with Crippen molar-refractivity contribution in [1.29, 1.82) is 0 Å². The summed E-state index contributed by atoms with van der Waals surface area (Å²) in [6, 6.07) is 48.3. The Morgan fingerprint density at radius 2 is 0.923 bits per heavy atom. The summed E-state index contributed by atoms with van der Waals surface area (Å²) < 4.78 is 21.5. The molecule has 20 heteroatoms. The molecule has 0 fully saturated rings. The Hall–Kier alpha value is -8.26. The molecule has 2 atom stereocenters. The second-order valence-electron chi connectivity index (χ2n) is 23.5. The van der Waals surface area contributed by atoms with E-state index in [2.05, 4.69) is 113 Å². The van der Waals surface area contributed by atoms with Crippen molar-refractivity contribution in [3.05, 3.63) is 288 Å². The first kappa shape index (κ1) is 65.7. The molecule has 16 nitrogen and oxygen atoms in total. The van der Waals surface area contributed by atoms with E-state index in [-0.39, 0.29) is 49.7 Å². The highest BCUT2D eigenvalue weighted by atomic mass is 35.5. The number of hydrogen-bond donors (Lipinski definition) is 4. The molecule has 0 amide bonds. The minimum absolute atomic E-state index is 0.00401. The summed E-state index contributed by atoms with van der Waals surface area (Å²) in [6.07, 6.45) is 9.09. The standard InChI is InChI=1S/C23H24N2O2.C17H19ClN2O2.C16H18N2O2.C15H13Cl2FN2O2/c26-22-13-21-16-24(14-19-9-5-2-6-10-19)20(15-25(21)17-23(22)27)12-11-18-7-3-1-4-8-18;1-2-12-3-5-13(6-4-12)9-19-7-8-20-11-15(21)17(22)16(18)14(20)10-19;1-12-8-18-11-16(20)15(19)7-14(18)10-17(12)9-13-5-3-2-4-6-13;16-10-2-1-3-11(18)9(10)6-19-4-5-20-8-13(21)15(22)14(17)12(20)7-19/h1-10,13,17,20,27H,11-12,14-16H2;3-6,11,21H,2,7-10H2,1H3;2-7,11-12,20H,8-10H2,1H3;1-3,8,21H,4-7H2. The Morgan fingerprint density at radius 3 is 1.44 bits per heavy atom. The third-order valence-corrected chi connectivity index (χ3v) is 18.3. The van der Waals surface area contributed by atoms with Crippen molar-refractivity contribution >= 4 is 34.8 Å². The third-order valence-electron chi connectivity index (χ3n) is 17.2. The van der Waals surface area contributed by atoms with Crippen molar-refractivity contribution in [2.24, 2.45) is 0 Å². The Morgan fingerprint density at radius 1 is 0.473 bits per heavy atom. The predicted octanol–water partition coefficient (Wildman–Crippen LogP) is 11.3. The van der Waals surface area contributed by atoms with Gasteiger partial charge in [0.1, 0.15) is 15.9 Å². The molecule has 0 saturated carbocycles. The van der Waals surface area contributed by atoms with Crippen LogP contribution in [0.2, 0.25) is 15.1 Å². The zero-order chi connectivity index (χ0) is 64.3. The molecule has 5 aromatic carbocycles. The molecule has 474 valence electrons. The number of hydrogen-bond acceptors (Lipinski definition) is 12. The monoisotopic (exact) mass is 1290 g/mol. The van der Waals surface area contributed by atoms with E-state index in [1.54, 1.807) is 41.2 Å². The molecule has 0 radical (unpaired) electrons. The number of aromatic hydroxyl groups is 4. The molecule has 0 spiro atoms. The van der Waals surface area contributed by atoms with Gasteiger partial charge in [0, 0.05) is 138 Å². The quantitative estimate of drug-likeness (QED) is 0.0910. The number of benzene rings is 5. The summed E-state index contributed by atoms with van der Waals surface area (Å²) in [4.78, 5) is 55.9. The molecule has 91 heavy (non-hydrogen) atoms. The minimum atomic E-state index is -0.585. The average Bonchev–Trinajstić information content (AvgIpc) is 1.04. The molecule has 8 heterocycles. The fourth-order valence-corrected chi connectivity index (χ4v) is 12.7. The summed E-state index contributed by atoms with van der Waals surface area (Å²) in [5.74, 6) is -1.33. The Balaban J connectivity index is 0.000000134. The Bertz CT molecular complexity index is 4210. The molecule has 4 aromatic heterocycles. The molecular weight excluding hydrogens is 1220 g/mol. The molecule has 4 aliphatic rings. The van der Waals surface area contributed by atoms with Crippen molar-refractivity contribution in [2.45, 2.75) is 124 Å². The maximum atomic E-state index is 13.9. The lowest BCUT2D eigenvalue weighted by molar-refractivity contribution is 0.122. The summed E-state index contributed by atoms with van der Waals surface area (Å²) in [5.41, 5.74) is 8.54. The van der Waals surface area contributed by atoms with Crippen molar-refractivity contribution in [3.63, 3.8) is 0 Å². The average molecular weight is 1290 g/mol. The van der Waals surface area contributed by atoms with E-state index in [0.29, 0.717) is 67.6 Å². The van der Waals surface area contributed by atoms with Gasteiger partial charge in [0.15, 0.2) is 23.0 Å². The number of rotatable bonds is 12. The molecule has 0 bridgehead atoms. The van der Waals surface area contributed by atoms with Gasteiger partial charge in [-0.05, 0) is 66.1 Å². The first-order valence-corrected chi connectivity index (χ1v) is 31.6. The summed E-state index contributed by atoms with van der Waals surface area (Å²) in [6.45, 7) is 14.0. The third kappa shape index (κ3) is 16.6. The first-order chi connectivity index (χ1) is 43.9. The fraction of sp³-hybridized carbons (Fsp3) is 0.296. The number of halogens is 4. The number of aromatic nitrogens is 4. The fourth-order valence-electron chi connectivity index (χ4n) is 12.0. The highest BCUT2D eigenvalue weighted by molar-refractivity contribution is 6.32. The van der Waals surface area contributed by atoms with Gasteiger partial charge < -0.3 is 38.7 Å². The molecule has 4 N–H and O–H groups in total.